The van der Waals surface area contributed by atoms with E-state index in [9.17, 15) is 0 Å². The topological polar surface area (TPSA) is 64.3 Å². The van der Waals surface area contributed by atoms with Gasteiger partial charge in [-0.25, -0.2) is 14.5 Å². The first-order valence-corrected chi connectivity index (χ1v) is 6.82. The van der Waals surface area contributed by atoms with Gasteiger partial charge in [-0.05, 0) is 18.1 Å². The minimum absolute atomic E-state index is 0.575. The molecule has 21 heavy (non-hydrogen) atoms. The summed E-state index contributed by atoms with van der Waals surface area (Å²) in [7, 11) is 3.48. The first-order valence-electron chi connectivity index (χ1n) is 6.82. The van der Waals surface area contributed by atoms with Crippen LogP contribution in [-0.4, -0.2) is 33.7 Å². The van der Waals surface area contributed by atoms with Crippen molar-refractivity contribution in [2.75, 3.05) is 19.5 Å². The number of aryl methyl sites for hydroxylation is 1. The molecular weight excluding hydrogens is 266 g/mol. The Morgan fingerprint density at radius 1 is 1.38 bits per heavy atom. The van der Waals surface area contributed by atoms with E-state index in [1.54, 1.807) is 13.3 Å². The molecule has 6 nitrogen and oxygen atoms in total. The Hall–Kier alpha value is -2.63. The van der Waals surface area contributed by atoms with Gasteiger partial charge in [0.05, 0.1) is 13.3 Å². The third-order valence-corrected chi connectivity index (χ3v) is 3.44. The zero-order valence-corrected chi connectivity index (χ0v) is 12.3. The molecule has 108 valence electrons. The van der Waals surface area contributed by atoms with Gasteiger partial charge in [0.15, 0.2) is 5.65 Å². The Bertz CT molecular complexity index is 781. The molecule has 0 amide bonds. The van der Waals surface area contributed by atoms with Gasteiger partial charge in [0, 0.05) is 36.6 Å². The molecule has 3 aromatic rings. The van der Waals surface area contributed by atoms with Crippen molar-refractivity contribution in [3.05, 3.63) is 36.3 Å². The summed E-state index contributed by atoms with van der Waals surface area (Å²) >= 11 is 0. The SMILES string of the molecule is CCc1cn2ncc(-c3ccnc(OC)c3)c2nc1NC. The van der Waals surface area contributed by atoms with Crippen LogP contribution in [0.25, 0.3) is 16.8 Å². The van der Waals surface area contributed by atoms with E-state index in [1.807, 2.05) is 36.1 Å². The summed E-state index contributed by atoms with van der Waals surface area (Å²) in [5.41, 5.74) is 3.88. The molecule has 0 atom stereocenters. The monoisotopic (exact) mass is 283 g/mol. The first kappa shape index (κ1) is 13.4. The fourth-order valence-electron chi connectivity index (χ4n) is 2.32. The maximum atomic E-state index is 5.18. The van der Waals surface area contributed by atoms with Crippen LogP contribution in [0.4, 0.5) is 5.82 Å². The molecule has 3 heterocycles. The van der Waals surface area contributed by atoms with Crippen molar-refractivity contribution in [1.82, 2.24) is 19.6 Å². The second kappa shape index (κ2) is 5.40. The van der Waals surface area contributed by atoms with Crippen molar-refractivity contribution < 1.29 is 4.74 Å². The number of rotatable bonds is 4. The van der Waals surface area contributed by atoms with Crippen molar-refractivity contribution >= 4 is 11.5 Å². The van der Waals surface area contributed by atoms with Crippen LogP contribution in [0.5, 0.6) is 5.88 Å². The van der Waals surface area contributed by atoms with Crippen molar-refractivity contribution in [3.8, 4) is 17.0 Å². The first-order chi connectivity index (χ1) is 10.3. The number of nitrogens with one attached hydrogen (secondary N) is 1. The van der Waals surface area contributed by atoms with Crippen LogP contribution in [0.1, 0.15) is 12.5 Å². The summed E-state index contributed by atoms with van der Waals surface area (Å²) in [4.78, 5) is 8.81. The second-order valence-corrected chi connectivity index (χ2v) is 4.63. The maximum Gasteiger partial charge on any atom is 0.213 e. The van der Waals surface area contributed by atoms with Crippen LogP contribution >= 0.6 is 0 Å². The predicted molar refractivity (Wildman–Crippen MR) is 81.7 cm³/mol. The van der Waals surface area contributed by atoms with E-state index in [1.165, 1.54) is 0 Å². The molecule has 0 bridgehead atoms. The number of hydrogen-bond donors (Lipinski definition) is 1. The minimum atomic E-state index is 0.575. The Labute approximate surface area is 122 Å². The Balaban J connectivity index is 2.19. The lowest BCUT2D eigenvalue weighted by Gasteiger charge is -2.08. The largest absolute Gasteiger partial charge is 0.481 e. The van der Waals surface area contributed by atoms with Crippen molar-refractivity contribution in [2.45, 2.75) is 13.3 Å². The van der Waals surface area contributed by atoms with Crippen molar-refractivity contribution in [1.29, 1.82) is 0 Å². The zero-order valence-electron chi connectivity index (χ0n) is 12.3. The second-order valence-electron chi connectivity index (χ2n) is 4.63. The molecule has 6 heteroatoms. The van der Waals surface area contributed by atoms with Gasteiger partial charge in [0.1, 0.15) is 5.82 Å². The lowest BCUT2D eigenvalue weighted by Crippen LogP contribution is -2.02. The maximum absolute atomic E-state index is 5.18. The molecule has 0 radical (unpaired) electrons. The summed E-state index contributed by atoms with van der Waals surface area (Å²) < 4.78 is 6.98. The standard InChI is InChI=1S/C15H17N5O/c1-4-10-9-20-15(19-14(10)16-2)12(8-18-20)11-5-6-17-13(7-11)21-3/h5-9H,4H2,1-3H3,(H,16,19). The number of pyridine rings is 1. The molecule has 0 aliphatic rings. The highest BCUT2D eigenvalue weighted by atomic mass is 16.5. The van der Waals surface area contributed by atoms with Crippen LogP contribution < -0.4 is 10.1 Å². The molecule has 0 aromatic carbocycles. The van der Waals surface area contributed by atoms with Gasteiger partial charge in [-0.3, -0.25) is 0 Å². The highest BCUT2D eigenvalue weighted by Crippen LogP contribution is 2.27. The molecule has 0 saturated carbocycles. The smallest absolute Gasteiger partial charge is 0.213 e. The number of ether oxygens (including phenoxy) is 1. The van der Waals surface area contributed by atoms with E-state index < -0.39 is 0 Å². The summed E-state index contributed by atoms with van der Waals surface area (Å²) in [5, 5.41) is 7.54. The number of hydrogen-bond acceptors (Lipinski definition) is 5. The van der Waals surface area contributed by atoms with E-state index in [-0.39, 0.29) is 0 Å². The molecule has 3 rings (SSSR count). The number of anilines is 1. The lowest BCUT2D eigenvalue weighted by atomic mass is 10.1. The van der Waals surface area contributed by atoms with Gasteiger partial charge in [-0.2, -0.15) is 5.10 Å². The van der Waals surface area contributed by atoms with Gasteiger partial charge in [0.25, 0.3) is 0 Å². The molecule has 0 saturated heterocycles. The van der Waals surface area contributed by atoms with Gasteiger partial charge in [-0.1, -0.05) is 6.92 Å². The van der Waals surface area contributed by atoms with Crippen LogP contribution in [-0.2, 0) is 6.42 Å². The summed E-state index contributed by atoms with van der Waals surface area (Å²) in [6.07, 6.45) is 6.44. The fourth-order valence-corrected chi connectivity index (χ4v) is 2.32. The van der Waals surface area contributed by atoms with E-state index in [4.69, 9.17) is 4.74 Å². The average Bonchev–Trinajstić information content (AvgIpc) is 2.96. The number of methoxy groups -OCH3 is 1. The third kappa shape index (κ3) is 2.29. The molecule has 0 aliphatic heterocycles. The Morgan fingerprint density at radius 3 is 2.95 bits per heavy atom. The van der Waals surface area contributed by atoms with E-state index >= 15 is 0 Å². The lowest BCUT2D eigenvalue weighted by molar-refractivity contribution is 0.398. The van der Waals surface area contributed by atoms with Crippen LogP contribution in [0.2, 0.25) is 0 Å². The molecule has 0 unspecified atom stereocenters. The molecule has 3 aromatic heterocycles. The number of fused-ring (bicyclic) bond motifs is 1. The molecular formula is C15H17N5O. The highest BCUT2D eigenvalue weighted by molar-refractivity contribution is 5.78. The molecule has 1 N–H and O–H groups in total. The van der Waals surface area contributed by atoms with Crippen molar-refractivity contribution in [2.24, 2.45) is 0 Å². The van der Waals surface area contributed by atoms with E-state index in [0.29, 0.717) is 5.88 Å². The summed E-state index contributed by atoms with van der Waals surface area (Å²) in [6.45, 7) is 2.10. The summed E-state index contributed by atoms with van der Waals surface area (Å²) in [5.74, 6) is 1.46. The van der Waals surface area contributed by atoms with Gasteiger partial charge >= 0.3 is 0 Å². The predicted octanol–water partition coefficient (Wildman–Crippen LogP) is 2.40. The Morgan fingerprint density at radius 2 is 2.24 bits per heavy atom. The zero-order chi connectivity index (χ0) is 14.8. The van der Waals surface area contributed by atoms with Crippen LogP contribution in [0.3, 0.4) is 0 Å². The molecule has 0 aliphatic carbocycles. The van der Waals surface area contributed by atoms with Gasteiger partial charge in [0.2, 0.25) is 5.88 Å². The molecule has 0 spiro atoms. The Kier molecular flexibility index (Phi) is 3.43. The number of nitrogens with zero attached hydrogens (tertiary/aromatic N) is 4. The summed E-state index contributed by atoms with van der Waals surface area (Å²) in [6, 6.07) is 3.81. The highest BCUT2D eigenvalue weighted by Gasteiger charge is 2.12. The average molecular weight is 283 g/mol. The quantitative estimate of drug-likeness (QED) is 0.796. The third-order valence-electron chi connectivity index (χ3n) is 3.44. The fraction of sp³-hybridized carbons (Fsp3) is 0.267. The minimum Gasteiger partial charge on any atom is -0.481 e. The van der Waals surface area contributed by atoms with Gasteiger partial charge < -0.3 is 10.1 Å². The van der Waals surface area contributed by atoms with Crippen LogP contribution in [0.15, 0.2) is 30.7 Å². The number of aromatic nitrogens is 4. The van der Waals surface area contributed by atoms with Crippen LogP contribution in [0, 0.1) is 0 Å². The molecule has 0 fully saturated rings. The normalized spacial score (nSPS) is 10.8. The van der Waals surface area contributed by atoms with Gasteiger partial charge in [-0.15, -0.1) is 0 Å². The van der Waals surface area contributed by atoms with E-state index in [2.05, 4.69) is 27.3 Å². The van der Waals surface area contributed by atoms with E-state index in [0.717, 1.165) is 34.6 Å². The van der Waals surface area contributed by atoms with Crippen molar-refractivity contribution in [3.63, 3.8) is 0 Å².